The summed E-state index contributed by atoms with van der Waals surface area (Å²) in [5, 5.41) is 3.27. The van der Waals surface area contributed by atoms with Gasteiger partial charge in [-0.2, -0.15) is 0 Å². The Balaban J connectivity index is 2.13. The highest BCUT2D eigenvalue weighted by molar-refractivity contribution is 6.30. The Labute approximate surface area is 151 Å². The van der Waals surface area contributed by atoms with Gasteiger partial charge in [0.1, 0.15) is 5.75 Å². The second-order valence-electron chi connectivity index (χ2n) is 5.23. The first-order chi connectivity index (χ1) is 12.0. The van der Waals surface area contributed by atoms with E-state index in [1.165, 1.54) is 0 Å². The zero-order chi connectivity index (χ0) is 18.2. The van der Waals surface area contributed by atoms with Gasteiger partial charge in [-0.1, -0.05) is 36.7 Å². The first-order valence-electron chi connectivity index (χ1n) is 8.04. The van der Waals surface area contributed by atoms with Gasteiger partial charge in [0, 0.05) is 5.02 Å². The van der Waals surface area contributed by atoms with Crippen LogP contribution in [0.2, 0.25) is 5.02 Å². The number of esters is 1. The van der Waals surface area contributed by atoms with E-state index in [9.17, 15) is 9.59 Å². The highest BCUT2D eigenvalue weighted by atomic mass is 35.5. The normalized spacial score (nSPS) is 11.5. The van der Waals surface area contributed by atoms with E-state index < -0.39 is 12.1 Å². The van der Waals surface area contributed by atoms with E-state index in [1.54, 1.807) is 55.5 Å². The molecule has 5 nitrogen and oxygen atoms in total. The Morgan fingerprint density at radius 2 is 1.88 bits per heavy atom. The van der Waals surface area contributed by atoms with Crippen LogP contribution in [0.4, 0.5) is 5.69 Å². The molecule has 0 fully saturated rings. The monoisotopic (exact) mass is 361 g/mol. The third-order valence-electron chi connectivity index (χ3n) is 3.42. The molecule has 0 aliphatic rings. The van der Waals surface area contributed by atoms with Gasteiger partial charge in [-0.3, -0.25) is 4.79 Å². The molecule has 0 aliphatic carbocycles. The van der Waals surface area contributed by atoms with Gasteiger partial charge in [0.2, 0.25) is 0 Å². The van der Waals surface area contributed by atoms with Gasteiger partial charge in [0.05, 0.1) is 17.9 Å². The highest BCUT2D eigenvalue weighted by Crippen LogP contribution is 2.21. The fraction of sp³-hybridized carbons (Fsp3) is 0.263. The van der Waals surface area contributed by atoms with Crippen LogP contribution in [0.3, 0.4) is 0 Å². The number of para-hydroxylation sites is 1. The van der Waals surface area contributed by atoms with Crippen molar-refractivity contribution in [3.63, 3.8) is 0 Å². The molecular formula is C19H20ClNO4. The van der Waals surface area contributed by atoms with Crippen LogP contribution in [-0.4, -0.2) is 24.6 Å². The fourth-order valence-corrected chi connectivity index (χ4v) is 2.40. The minimum atomic E-state index is -0.714. The number of nitrogens with one attached hydrogen (secondary N) is 1. The average Bonchev–Trinajstić information content (AvgIpc) is 2.60. The van der Waals surface area contributed by atoms with Gasteiger partial charge in [0.15, 0.2) is 6.10 Å². The Hall–Kier alpha value is -2.53. The summed E-state index contributed by atoms with van der Waals surface area (Å²) in [6.45, 7) is 3.83. The molecule has 25 heavy (non-hydrogen) atoms. The molecule has 0 saturated heterocycles. The molecular weight excluding hydrogens is 342 g/mol. The molecule has 6 heteroatoms. The molecule has 2 aromatic rings. The minimum Gasteiger partial charge on any atom is -0.481 e. The standard InChI is InChI=1S/C19H20ClNO4/c1-3-17(25-14-9-7-8-13(20)12-14)18(22)21-16-11-6-5-10-15(16)19(23)24-4-2/h5-12,17H,3-4H2,1-2H3,(H,21,22). The number of anilines is 1. The van der Waals surface area contributed by atoms with Crippen molar-refractivity contribution < 1.29 is 19.1 Å². The second-order valence-corrected chi connectivity index (χ2v) is 5.66. The number of hydrogen-bond donors (Lipinski definition) is 1. The van der Waals surface area contributed by atoms with E-state index in [0.717, 1.165) is 0 Å². The summed E-state index contributed by atoms with van der Waals surface area (Å²) in [7, 11) is 0. The quantitative estimate of drug-likeness (QED) is 0.746. The maximum absolute atomic E-state index is 12.5. The van der Waals surface area contributed by atoms with Gasteiger partial charge in [-0.15, -0.1) is 0 Å². The smallest absolute Gasteiger partial charge is 0.340 e. The third kappa shape index (κ3) is 5.22. The molecule has 1 N–H and O–H groups in total. The number of ether oxygens (including phenoxy) is 2. The lowest BCUT2D eigenvalue weighted by Crippen LogP contribution is -2.33. The van der Waals surface area contributed by atoms with Crippen molar-refractivity contribution in [1.29, 1.82) is 0 Å². The molecule has 2 aromatic carbocycles. The Morgan fingerprint density at radius 1 is 1.12 bits per heavy atom. The molecule has 1 amide bonds. The number of amides is 1. The molecule has 0 saturated carbocycles. The molecule has 0 aromatic heterocycles. The number of carbonyl (C=O) groups is 2. The summed E-state index contributed by atoms with van der Waals surface area (Å²) >= 11 is 5.93. The van der Waals surface area contributed by atoms with Crippen LogP contribution >= 0.6 is 11.6 Å². The number of benzene rings is 2. The number of rotatable bonds is 7. The van der Waals surface area contributed by atoms with Crippen molar-refractivity contribution in [3.8, 4) is 5.75 Å². The molecule has 0 spiro atoms. The average molecular weight is 362 g/mol. The maximum Gasteiger partial charge on any atom is 0.340 e. The van der Waals surface area contributed by atoms with E-state index >= 15 is 0 Å². The number of carbonyl (C=O) groups excluding carboxylic acids is 2. The molecule has 0 heterocycles. The predicted octanol–water partition coefficient (Wildman–Crippen LogP) is 4.31. The summed E-state index contributed by atoms with van der Waals surface area (Å²) in [5.41, 5.74) is 0.689. The summed E-state index contributed by atoms with van der Waals surface area (Å²) < 4.78 is 10.7. The lowest BCUT2D eigenvalue weighted by Gasteiger charge is -2.18. The zero-order valence-corrected chi connectivity index (χ0v) is 14.9. The largest absolute Gasteiger partial charge is 0.481 e. The van der Waals surface area contributed by atoms with E-state index in [2.05, 4.69) is 5.32 Å². The fourth-order valence-electron chi connectivity index (χ4n) is 2.22. The Morgan fingerprint density at radius 3 is 2.56 bits per heavy atom. The van der Waals surface area contributed by atoms with Gasteiger partial charge in [-0.05, 0) is 43.7 Å². The zero-order valence-electron chi connectivity index (χ0n) is 14.1. The maximum atomic E-state index is 12.5. The van der Waals surface area contributed by atoms with Crippen LogP contribution in [0, 0.1) is 0 Å². The van der Waals surface area contributed by atoms with Crippen LogP contribution in [-0.2, 0) is 9.53 Å². The molecule has 1 atom stereocenters. The van der Waals surface area contributed by atoms with Crippen LogP contribution < -0.4 is 10.1 Å². The summed E-state index contributed by atoms with van der Waals surface area (Å²) in [4.78, 5) is 24.5. The van der Waals surface area contributed by atoms with Gasteiger partial charge < -0.3 is 14.8 Å². The van der Waals surface area contributed by atoms with Crippen LogP contribution in [0.5, 0.6) is 5.75 Å². The van der Waals surface area contributed by atoms with Crippen molar-refractivity contribution >= 4 is 29.2 Å². The summed E-state index contributed by atoms with van der Waals surface area (Å²) in [6, 6.07) is 13.5. The molecule has 1 unspecified atom stereocenters. The Bertz CT molecular complexity index is 748. The predicted molar refractivity (Wildman–Crippen MR) is 97.2 cm³/mol. The first kappa shape index (κ1) is 18.8. The van der Waals surface area contributed by atoms with Crippen molar-refractivity contribution in [2.24, 2.45) is 0 Å². The summed E-state index contributed by atoms with van der Waals surface area (Å²) in [6.07, 6.45) is -0.256. The van der Waals surface area contributed by atoms with Crippen molar-refractivity contribution in [3.05, 3.63) is 59.1 Å². The van der Waals surface area contributed by atoms with Gasteiger partial charge in [-0.25, -0.2) is 4.79 Å². The van der Waals surface area contributed by atoms with E-state index in [0.29, 0.717) is 28.4 Å². The lowest BCUT2D eigenvalue weighted by molar-refractivity contribution is -0.122. The van der Waals surface area contributed by atoms with Gasteiger partial charge >= 0.3 is 5.97 Å². The second kappa shape index (κ2) is 9.08. The third-order valence-corrected chi connectivity index (χ3v) is 3.65. The lowest BCUT2D eigenvalue weighted by atomic mass is 10.1. The van der Waals surface area contributed by atoms with Crippen molar-refractivity contribution in [1.82, 2.24) is 0 Å². The first-order valence-corrected chi connectivity index (χ1v) is 8.42. The van der Waals surface area contributed by atoms with Crippen LogP contribution in [0.1, 0.15) is 30.6 Å². The molecule has 0 radical (unpaired) electrons. The topological polar surface area (TPSA) is 64.6 Å². The molecule has 0 aliphatic heterocycles. The van der Waals surface area contributed by atoms with Crippen LogP contribution in [0.15, 0.2) is 48.5 Å². The minimum absolute atomic E-state index is 0.260. The van der Waals surface area contributed by atoms with Crippen molar-refractivity contribution in [2.45, 2.75) is 26.4 Å². The molecule has 0 bridgehead atoms. The van der Waals surface area contributed by atoms with Crippen LogP contribution in [0.25, 0.3) is 0 Å². The Kier molecular flexibility index (Phi) is 6.83. The van der Waals surface area contributed by atoms with Crippen molar-refractivity contribution in [2.75, 3.05) is 11.9 Å². The van der Waals surface area contributed by atoms with E-state index in [1.807, 2.05) is 6.92 Å². The number of halogens is 1. The molecule has 132 valence electrons. The highest BCUT2D eigenvalue weighted by Gasteiger charge is 2.21. The SMILES string of the molecule is CCOC(=O)c1ccccc1NC(=O)C(CC)Oc1cccc(Cl)c1. The number of hydrogen-bond acceptors (Lipinski definition) is 4. The van der Waals surface area contributed by atoms with E-state index in [4.69, 9.17) is 21.1 Å². The molecule has 2 rings (SSSR count). The summed E-state index contributed by atoms with van der Waals surface area (Å²) in [5.74, 6) is -0.324. The van der Waals surface area contributed by atoms with Gasteiger partial charge in [0.25, 0.3) is 5.91 Å². The van der Waals surface area contributed by atoms with E-state index in [-0.39, 0.29) is 12.5 Å².